The first-order chi connectivity index (χ1) is 9.28. The molecule has 0 unspecified atom stereocenters. The van der Waals surface area contributed by atoms with E-state index in [0.717, 1.165) is 17.6 Å². The minimum absolute atomic E-state index is 0.0193. The van der Waals surface area contributed by atoms with Crippen molar-refractivity contribution in [2.75, 3.05) is 13.2 Å². The highest BCUT2D eigenvalue weighted by Gasteiger charge is 2.12. The number of benzene rings is 1. The van der Waals surface area contributed by atoms with Crippen LogP contribution in [0.3, 0.4) is 0 Å². The van der Waals surface area contributed by atoms with E-state index in [9.17, 15) is 9.90 Å². The summed E-state index contributed by atoms with van der Waals surface area (Å²) < 4.78 is 5.23. The van der Waals surface area contributed by atoms with E-state index in [1.165, 1.54) is 0 Å². The van der Waals surface area contributed by atoms with Gasteiger partial charge in [0.2, 0.25) is 0 Å². The Hall–Kier alpha value is -1.39. The number of carbonyl (C=O) groups excluding carboxylic acids is 1. The van der Waals surface area contributed by atoms with Gasteiger partial charge in [0, 0.05) is 12.3 Å². The SMILES string of the molecule is CC(C)(O)Cc1ccc(OCCO)cc1.CC(C)C=O. The van der Waals surface area contributed by atoms with E-state index < -0.39 is 5.60 Å². The summed E-state index contributed by atoms with van der Waals surface area (Å²) in [5.41, 5.74) is 0.381. The van der Waals surface area contributed by atoms with Crippen LogP contribution in [0.1, 0.15) is 33.3 Å². The topological polar surface area (TPSA) is 66.8 Å². The summed E-state index contributed by atoms with van der Waals surface area (Å²) >= 11 is 0. The Morgan fingerprint density at radius 2 is 1.75 bits per heavy atom. The molecule has 0 spiro atoms. The van der Waals surface area contributed by atoms with Gasteiger partial charge >= 0.3 is 0 Å². The molecular formula is C16H26O4. The third kappa shape index (κ3) is 10.5. The third-order valence-electron chi connectivity index (χ3n) is 2.19. The number of carbonyl (C=O) groups is 1. The van der Waals surface area contributed by atoms with Gasteiger partial charge in [-0.1, -0.05) is 26.0 Å². The second-order valence-corrected chi connectivity index (χ2v) is 5.59. The highest BCUT2D eigenvalue weighted by Crippen LogP contribution is 2.16. The molecule has 1 aromatic rings. The van der Waals surface area contributed by atoms with Crippen molar-refractivity contribution in [1.29, 1.82) is 0 Å². The second kappa shape index (κ2) is 9.50. The van der Waals surface area contributed by atoms with Gasteiger partial charge in [0.1, 0.15) is 18.6 Å². The standard InChI is InChI=1S/C12H18O3.C4H8O/c1-12(2,14)9-10-3-5-11(6-4-10)15-8-7-13;1-4(2)3-5/h3-6,13-14H,7-9H2,1-2H3;3-4H,1-2H3. The van der Waals surface area contributed by atoms with Gasteiger partial charge in [-0.05, 0) is 31.5 Å². The molecule has 0 fully saturated rings. The van der Waals surface area contributed by atoms with Gasteiger partial charge in [-0.3, -0.25) is 0 Å². The number of ether oxygens (including phenoxy) is 1. The summed E-state index contributed by atoms with van der Waals surface area (Å²) in [6.45, 7) is 7.60. The monoisotopic (exact) mass is 282 g/mol. The zero-order valence-corrected chi connectivity index (χ0v) is 12.8. The van der Waals surface area contributed by atoms with E-state index >= 15 is 0 Å². The fourth-order valence-corrected chi connectivity index (χ4v) is 1.37. The molecule has 0 aliphatic rings. The zero-order valence-electron chi connectivity index (χ0n) is 12.8. The Morgan fingerprint density at radius 3 is 2.10 bits per heavy atom. The molecule has 0 saturated carbocycles. The van der Waals surface area contributed by atoms with Crippen LogP contribution in [-0.2, 0) is 11.2 Å². The minimum Gasteiger partial charge on any atom is -0.491 e. The van der Waals surface area contributed by atoms with Crippen molar-refractivity contribution in [1.82, 2.24) is 0 Å². The van der Waals surface area contributed by atoms with Crippen molar-refractivity contribution in [2.24, 2.45) is 5.92 Å². The molecule has 0 aliphatic carbocycles. The Bertz CT molecular complexity index is 363. The smallest absolute Gasteiger partial charge is 0.122 e. The van der Waals surface area contributed by atoms with Crippen LogP contribution in [0.4, 0.5) is 0 Å². The van der Waals surface area contributed by atoms with Gasteiger partial charge in [-0.2, -0.15) is 0 Å². The van der Waals surface area contributed by atoms with Gasteiger partial charge in [0.05, 0.1) is 12.2 Å². The maximum atomic E-state index is 9.62. The molecule has 0 atom stereocenters. The Kier molecular flexibility index (Phi) is 8.84. The largest absolute Gasteiger partial charge is 0.491 e. The lowest BCUT2D eigenvalue weighted by atomic mass is 9.99. The lowest BCUT2D eigenvalue weighted by Crippen LogP contribution is -2.21. The summed E-state index contributed by atoms with van der Waals surface area (Å²) in [6.07, 6.45) is 1.53. The average Bonchev–Trinajstić information content (AvgIpc) is 2.37. The van der Waals surface area contributed by atoms with E-state index in [0.29, 0.717) is 13.0 Å². The third-order valence-corrected chi connectivity index (χ3v) is 2.19. The summed E-state index contributed by atoms with van der Waals surface area (Å²) in [6, 6.07) is 7.53. The maximum absolute atomic E-state index is 9.62. The first kappa shape index (κ1) is 18.6. The molecule has 20 heavy (non-hydrogen) atoms. The summed E-state index contributed by atoms with van der Waals surface area (Å²) in [5, 5.41) is 18.2. The first-order valence-electron chi connectivity index (χ1n) is 6.78. The Morgan fingerprint density at radius 1 is 1.25 bits per heavy atom. The van der Waals surface area contributed by atoms with Crippen molar-refractivity contribution in [3.05, 3.63) is 29.8 Å². The van der Waals surface area contributed by atoms with Crippen LogP contribution in [0.5, 0.6) is 5.75 Å². The lowest BCUT2D eigenvalue weighted by molar-refractivity contribution is -0.110. The van der Waals surface area contributed by atoms with Gasteiger partial charge in [-0.15, -0.1) is 0 Å². The Labute approximate surface area is 121 Å². The molecule has 114 valence electrons. The molecule has 0 radical (unpaired) electrons. The highest BCUT2D eigenvalue weighted by molar-refractivity contribution is 5.51. The molecular weight excluding hydrogens is 256 g/mol. The molecule has 4 heteroatoms. The van der Waals surface area contributed by atoms with Gasteiger partial charge in [0.15, 0.2) is 0 Å². The lowest BCUT2D eigenvalue weighted by Gasteiger charge is -2.17. The van der Waals surface area contributed by atoms with Crippen molar-refractivity contribution in [3.8, 4) is 5.75 Å². The van der Waals surface area contributed by atoms with Crippen molar-refractivity contribution in [3.63, 3.8) is 0 Å². The molecule has 0 aromatic heterocycles. The predicted molar refractivity (Wildman–Crippen MR) is 79.9 cm³/mol. The van der Waals surface area contributed by atoms with Crippen LogP contribution in [0.2, 0.25) is 0 Å². The van der Waals surface area contributed by atoms with E-state index in [1.54, 1.807) is 13.8 Å². The molecule has 1 aromatic carbocycles. The fraction of sp³-hybridized carbons (Fsp3) is 0.562. The van der Waals surface area contributed by atoms with E-state index in [1.807, 2.05) is 38.1 Å². The molecule has 1 rings (SSSR count). The fourth-order valence-electron chi connectivity index (χ4n) is 1.37. The number of aliphatic hydroxyl groups excluding tert-OH is 1. The van der Waals surface area contributed by atoms with Crippen LogP contribution in [-0.4, -0.2) is 35.3 Å². The van der Waals surface area contributed by atoms with Gasteiger partial charge < -0.3 is 19.7 Å². The first-order valence-corrected chi connectivity index (χ1v) is 6.78. The molecule has 0 saturated heterocycles. The molecule has 0 bridgehead atoms. The van der Waals surface area contributed by atoms with Crippen LogP contribution in [0.15, 0.2) is 24.3 Å². The van der Waals surface area contributed by atoms with Crippen molar-refractivity contribution >= 4 is 6.29 Å². The van der Waals surface area contributed by atoms with E-state index in [2.05, 4.69) is 0 Å². The van der Waals surface area contributed by atoms with Crippen LogP contribution >= 0.6 is 0 Å². The van der Waals surface area contributed by atoms with Gasteiger partial charge in [-0.25, -0.2) is 0 Å². The summed E-state index contributed by atoms with van der Waals surface area (Å²) in [4.78, 5) is 9.50. The van der Waals surface area contributed by atoms with E-state index in [4.69, 9.17) is 9.84 Å². The van der Waals surface area contributed by atoms with Crippen molar-refractivity contribution in [2.45, 2.75) is 39.7 Å². The highest BCUT2D eigenvalue weighted by atomic mass is 16.5. The second-order valence-electron chi connectivity index (χ2n) is 5.59. The number of hydrogen-bond acceptors (Lipinski definition) is 4. The zero-order chi connectivity index (χ0) is 15.6. The average molecular weight is 282 g/mol. The summed E-state index contributed by atoms with van der Waals surface area (Å²) in [7, 11) is 0. The normalized spacial score (nSPS) is 10.8. The van der Waals surface area contributed by atoms with Gasteiger partial charge in [0.25, 0.3) is 0 Å². The van der Waals surface area contributed by atoms with Crippen LogP contribution in [0.25, 0.3) is 0 Å². The van der Waals surface area contributed by atoms with Crippen molar-refractivity contribution < 1.29 is 19.7 Å². The maximum Gasteiger partial charge on any atom is 0.122 e. The number of hydrogen-bond donors (Lipinski definition) is 2. The van der Waals surface area contributed by atoms with Crippen LogP contribution in [0, 0.1) is 5.92 Å². The minimum atomic E-state index is -0.687. The molecule has 4 nitrogen and oxygen atoms in total. The summed E-state index contributed by atoms with van der Waals surface area (Å²) in [5.74, 6) is 0.943. The van der Waals surface area contributed by atoms with Crippen LogP contribution < -0.4 is 4.74 Å². The quantitative estimate of drug-likeness (QED) is 0.785. The molecule has 0 amide bonds. The number of aliphatic hydroxyl groups is 2. The molecule has 2 N–H and O–H groups in total. The van der Waals surface area contributed by atoms with E-state index in [-0.39, 0.29) is 12.5 Å². The Balaban J connectivity index is 0.000000621. The molecule has 0 heterocycles. The number of rotatable bonds is 6. The molecule has 0 aliphatic heterocycles. The number of aldehydes is 1. The predicted octanol–water partition coefficient (Wildman–Crippen LogP) is 2.21.